The van der Waals surface area contributed by atoms with Crippen LogP contribution in [0.5, 0.6) is 0 Å². The minimum absolute atomic E-state index is 0.137. The van der Waals surface area contributed by atoms with Gasteiger partial charge in [-0.3, -0.25) is 4.79 Å². The van der Waals surface area contributed by atoms with Crippen molar-refractivity contribution in [2.75, 3.05) is 13.1 Å². The highest BCUT2D eigenvalue weighted by atomic mass is 32.2. The molecule has 0 saturated carbocycles. The number of carbonyl (C=O) groups excluding carboxylic acids is 1. The Hall–Kier alpha value is -1.89. The van der Waals surface area contributed by atoms with Crippen molar-refractivity contribution in [1.29, 1.82) is 0 Å². The second-order valence-electron chi connectivity index (χ2n) is 5.86. The van der Waals surface area contributed by atoms with E-state index in [0.29, 0.717) is 5.82 Å². The van der Waals surface area contributed by atoms with Gasteiger partial charge in [0.2, 0.25) is 5.91 Å². The van der Waals surface area contributed by atoms with Crippen molar-refractivity contribution >= 4 is 17.7 Å². The molecule has 3 rings (SSSR count). The van der Waals surface area contributed by atoms with E-state index in [1.54, 1.807) is 4.68 Å². The third-order valence-corrected chi connectivity index (χ3v) is 4.93. The normalized spacial score (nSPS) is 15.9. The average molecular weight is 331 g/mol. The second-order valence-corrected chi connectivity index (χ2v) is 7.22. The number of likely N-dealkylation sites (tertiary alicyclic amines) is 1. The molecule has 1 fully saturated rings. The molecule has 0 unspecified atom stereocenters. The molecule has 0 spiro atoms. The number of thioether (sulfide) groups is 1. The third kappa shape index (κ3) is 3.55. The van der Waals surface area contributed by atoms with Crippen molar-refractivity contribution in [2.24, 2.45) is 0 Å². The van der Waals surface area contributed by atoms with Crippen molar-refractivity contribution in [3.8, 4) is 5.82 Å². The number of hydrogen-bond donors (Lipinski definition) is 0. The smallest absolute Gasteiger partial charge is 0.235 e. The van der Waals surface area contributed by atoms with E-state index in [-0.39, 0.29) is 11.2 Å². The van der Waals surface area contributed by atoms with Crippen molar-refractivity contribution in [3.05, 3.63) is 29.6 Å². The number of aromatic nitrogens is 4. The lowest BCUT2D eigenvalue weighted by Crippen LogP contribution is -2.34. The van der Waals surface area contributed by atoms with Gasteiger partial charge in [0.15, 0.2) is 5.82 Å². The number of amides is 1. The van der Waals surface area contributed by atoms with Crippen LogP contribution >= 0.6 is 11.8 Å². The molecule has 7 heteroatoms. The van der Waals surface area contributed by atoms with Crippen LogP contribution in [-0.2, 0) is 4.79 Å². The fraction of sp³-hybridized carbons (Fsp3) is 0.500. The van der Waals surface area contributed by atoms with Gasteiger partial charge in [0.25, 0.3) is 0 Å². The van der Waals surface area contributed by atoms with Gasteiger partial charge in [0.05, 0.1) is 10.9 Å². The largest absolute Gasteiger partial charge is 0.342 e. The summed E-state index contributed by atoms with van der Waals surface area (Å²) in [5.74, 6) is 0.885. The maximum atomic E-state index is 12.3. The highest BCUT2D eigenvalue weighted by molar-refractivity contribution is 8.00. The number of carbonyl (C=O) groups is 1. The van der Waals surface area contributed by atoms with Gasteiger partial charge in [0, 0.05) is 18.8 Å². The zero-order valence-electron chi connectivity index (χ0n) is 13.7. The summed E-state index contributed by atoms with van der Waals surface area (Å²) in [6.07, 6.45) is 2.22. The maximum absolute atomic E-state index is 12.3. The molecule has 1 atom stereocenters. The van der Waals surface area contributed by atoms with Gasteiger partial charge < -0.3 is 4.90 Å². The zero-order chi connectivity index (χ0) is 16.4. The molecule has 0 radical (unpaired) electrons. The summed E-state index contributed by atoms with van der Waals surface area (Å²) in [5, 5.41) is 13.5. The molecule has 122 valence electrons. The fourth-order valence-electron chi connectivity index (χ4n) is 2.78. The summed E-state index contributed by atoms with van der Waals surface area (Å²) in [5.41, 5.74) is 1.97. The van der Waals surface area contributed by atoms with Gasteiger partial charge in [-0.2, -0.15) is 5.10 Å². The molecule has 1 aliphatic rings. The second kappa shape index (κ2) is 6.70. The van der Waals surface area contributed by atoms with E-state index in [1.165, 1.54) is 11.8 Å². The van der Waals surface area contributed by atoms with Crippen LogP contribution < -0.4 is 0 Å². The maximum Gasteiger partial charge on any atom is 0.235 e. The molecular formula is C16H21N5OS. The van der Waals surface area contributed by atoms with Crippen LogP contribution in [0.15, 0.2) is 23.2 Å². The zero-order valence-corrected chi connectivity index (χ0v) is 14.5. The topological polar surface area (TPSA) is 63.9 Å². The Morgan fingerprint density at radius 3 is 2.52 bits per heavy atom. The van der Waals surface area contributed by atoms with Crippen LogP contribution in [0.2, 0.25) is 0 Å². The van der Waals surface area contributed by atoms with Crippen LogP contribution in [0.25, 0.3) is 5.82 Å². The minimum atomic E-state index is -0.137. The standard InChI is InChI=1S/C16H21N5OS/c1-11-10-12(2)21(19-11)14-6-7-15(18-17-14)23-13(3)16(22)20-8-4-5-9-20/h6-7,10,13H,4-5,8-9H2,1-3H3/t13-/m1/s1. The van der Waals surface area contributed by atoms with E-state index in [2.05, 4.69) is 15.3 Å². The molecular weight excluding hydrogens is 310 g/mol. The highest BCUT2D eigenvalue weighted by Crippen LogP contribution is 2.24. The first kappa shape index (κ1) is 16.0. The fourth-order valence-corrected chi connectivity index (χ4v) is 3.62. The number of hydrogen-bond acceptors (Lipinski definition) is 5. The lowest BCUT2D eigenvalue weighted by Gasteiger charge is -2.19. The molecule has 1 saturated heterocycles. The lowest BCUT2D eigenvalue weighted by atomic mass is 10.4. The predicted octanol–water partition coefficient (Wildman–Crippen LogP) is 2.38. The molecule has 2 aromatic heterocycles. The van der Waals surface area contributed by atoms with E-state index in [9.17, 15) is 4.79 Å². The van der Waals surface area contributed by atoms with Gasteiger partial charge in [-0.05, 0) is 51.8 Å². The van der Waals surface area contributed by atoms with E-state index in [1.807, 2.05) is 43.9 Å². The van der Waals surface area contributed by atoms with Gasteiger partial charge in [-0.15, -0.1) is 10.2 Å². The van der Waals surface area contributed by atoms with E-state index in [0.717, 1.165) is 42.3 Å². The Bertz CT molecular complexity index is 691. The van der Waals surface area contributed by atoms with Crippen LogP contribution in [0, 0.1) is 13.8 Å². The lowest BCUT2D eigenvalue weighted by molar-refractivity contribution is -0.129. The molecule has 2 aromatic rings. The number of nitrogens with zero attached hydrogens (tertiary/aromatic N) is 5. The monoisotopic (exact) mass is 331 g/mol. The van der Waals surface area contributed by atoms with E-state index >= 15 is 0 Å². The Morgan fingerprint density at radius 1 is 1.22 bits per heavy atom. The molecule has 1 amide bonds. The molecule has 3 heterocycles. The Balaban J connectivity index is 1.67. The SMILES string of the molecule is Cc1cc(C)n(-c2ccc(S[C@H](C)C(=O)N3CCCC3)nn2)n1. The molecule has 0 aromatic carbocycles. The first-order valence-corrected chi connectivity index (χ1v) is 8.75. The van der Waals surface area contributed by atoms with Crippen molar-refractivity contribution in [1.82, 2.24) is 24.9 Å². The molecule has 23 heavy (non-hydrogen) atoms. The van der Waals surface area contributed by atoms with Gasteiger partial charge in [-0.25, -0.2) is 4.68 Å². The van der Waals surface area contributed by atoms with Gasteiger partial charge in [-0.1, -0.05) is 11.8 Å². The van der Waals surface area contributed by atoms with Crippen molar-refractivity contribution in [2.45, 2.75) is 43.9 Å². The highest BCUT2D eigenvalue weighted by Gasteiger charge is 2.24. The Labute approximate surface area is 140 Å². The van der Waals surface area contributed by atoms with Gasteiger partial charge >= 0.3 is 0 Å². The molecule has 6 nitrogen and oxygen atoms in total. The summed E-state index contributed by atoms with van der Waals surface area (Å²) < 4.78 is 1.77. The predicted molar refractivity (Wildman–Crippen MR) is 89.8 cm³/mol. The summed E-state index contributed by atoms with van der Waals surface area (Å²) in [6, 6.07) is 5.79. The Morgan fingerprint density at radius 2 is 1.96 bits per heavy atom. The summed E-state index contributed by atoms with van der Waals surface area (Å²) in [6.45, 7) is 7.63. The van der Waals surface area contributed by atoms with Crippen molar-refractivity contribution in [3.63, 3.8) is 0 Å². The molecule has 0 aliphatic carbocycles. The van der Waals surface area contributed by atoms with Gasteiger partial charge in [0.1, 0.15) is 5.03 Å². The quantitative estimate of drug-likeness (QED) is 0.805. The first-order chi connectivity index (χ1) is 11.0. The Kier molecular flexibility index (Phi) is 4.66. The number of rotatable bonds is 4. The van der Waals surface area contributed by atoms with Crippen LogP contribution in [-0.4, -0.2) is 49.1 Å². The average Bonchev–Trinajstić information content (AvgIpc) is 3.17. The van der Waals surface area contributed by atoms with Crippen LogP contribution in [0.1, 0.15) is 31.2 Å². The minimum Gasteiger partial charge on any atom is -0.342 e. The molecule has 1 aliphatic heterocycles. The summed E-state index contributed by atoms with van der Waals surface area (Å²) in [7, 11) is 0. The molecule has 0 N–H and O–H groups in total. The first-order valence-electron chi connectivity index (χ1n) is 7.87. The summed E-state index contributed by atoms with van der Waals surface area (Å²) in [4.78, 5) is 14.3. The summed E-state index contributed by atoms with van der Waals surface area (Å²) >= 11 is 1.46. The third-order valence-electron chi connectivity index (χ3n) is 3.92. The molecule has 0 bridgehead atoms. The van der Waals surface area contributed by atoms with E-state index in [4.69, 9.17) is 0 Å². The van der Waals surface area contributed by atoms with Crippen LogP contribution in [0.4, 0.5) is 0 Å². The van der Waals surface area contributed by atoms with E-state index < -0.39 is 0 Å². The van der Waals surface area contributed by atoms with Crippen molar-refractivity contribution < 1.29 is 4.79 Å². The number of aryl methyl sites for hydroxylation is 2. The van der Waals surface area contributed by atoms with Crippen LogP contribution in [0.3, 0.4) is 0 Å².